The van der Waals surface area contributed by atoms with Gasteiger partial charge in [0.05, 0.1) is 5.25 Å². The number of hydrogen-bond donors (Lipinski definition) is 3. The standard InChI is InChI=1S/C39H37N3O3S/c1-4-36(39(45)41-33-22-21-29-11-8-9-14-31(29)24-33)46-34-16-10-15-32(25-34)40-38(44)35(42-37(43)30-12-6-5-7-13-30)23-27-17-19-28(20-18-27)26(2)3/h5-26,36H,4H2,1-3H3,(H,40,44)(H,41,45)(H,42,43)/b35-23+. The predicted molar refractivity (Wildman–Crippen MR) is 190 cm³/mol. The minimum Gasteiger partial charge on any atom is -0.325 e. The third-order valence-electron chi connectivity index (χ3n) is 7.49. The maximum absolute atomic E-state index is 13.6. The molecule has 0 spiro atoms. The van der Waals surface area contributed by atoms with Crippen molar-refractivity contribution in [2.75, 3.05) is 10.6 Å². The Hall–Kier alpha value is -5.14. The lowest BCUT2D eigenvalue weighted by atomic mass is 10.0. The Bertz CT molecular complexity index is 1870. The normalized spacial score (nSPS) is 12.0. The van der Waals surface area contributed by atoms with E-state index in [2.05, 4.69) is 29.8 Å². The first-order valence-corrected chi connectivity index (χ1v) is 16.2. The van der Waals surface area contributed by atoms with E-state index in [9.17, 15) is 14.4 Å². The van der Waals surface area contributed by atoms with Crippen molar-refractivity contribution in [2.24, 2.45) is 0 Å². The van der Waals surface area contributed by atoms with Gasteiger partial charge in [-0.1, -0.05) is 99.6 Å². The maximum Gasteiger partial charge on any atom is 0.272 e. The van der Waals surface area contributed by atoms with Gasteiger partial charge in [0.25, 0.3) is 11.8 Å². The number of nitrogens with one attached hydrogen (secondary N) is 3. The van der Waals surface area contributed by atoms with E-state index >= 15 is 0 Å². The van der Waals surface area contributed by atoms with Crippen LogP contribution in [0.25, 0.3) is 16.8 Å². The first kappa shape index (κ1) is 32.3. The number of thioether (sulfide) groups is 1. The van der Waals surface area contributed by atoms with Gasteiger partial charge < -0.3 is 16.0 Å². The van der Waals surface area contributed by atoms with Crippen LogP contribution in [0.5, 0.6) is 0 Å². The van der Waals surface area contributed by atoms with Crippen LogP contribution in [-0.4, -0.2) is 23.0 Å². The largest absolute Gasteiger partial charge is 0.325 e. The molecule has 0 aliphatic rings. The molecule has 0 heterocycles. The highest BCUT2D eigenvalue weighted by molar-refractivity contribution is 8.00. The zero-order valence-electron chi connectivity index (χ0n) is 26.1. The molecule has 0 aliphatic heterocycles. The molecular formula is C39H37N3O3S. The average molecular weight is 628 g/mol. The zero-order chi connectivity index (χ0) is 32.5. The summed E-state index contributed by atoms with van der Waals surface area (Å²) in [4.78, 5) is 40.7. The van der Waals surface area contributed by atoms with Crippen molar-refractivity contribution >= 4 is 57.7 Å². The Morgan fingerprint density at radius 1 is 0.717 bits per heavy atom. The van der Waals surface area contributed by atoms with Gasteiger partial charge in [-0.15, -0.1) is 11.8 Å². The molecule has 0 aliphatic carbocycles. The van der Waals surface area contributed by atoms with Crippen LogP contribution in [0.1, 0.15) is 54.6 Å². The Labute approximate surface area is 274 Å². The summed E-state index contributed by atoms with van der Waals surface area (Å²) in [5.74, 6) is -0.552. The van der Waals surface area contributed by atoms with E-state index < -0.39 is 5.91 Å². The second-order valence-corrected chi connectivity index (χ2v) is 12.5. The molecule has 0 aromatic heterocycles. The third kappa shape index (κ3) is 8.52. The van der Waals surface area contributed by atoms with Crippen LogP contribution in [0.2, 0.25) is 0 Å². The minimum atomic E-state index is -0.458. The fourth-order valence-corrected chi connectivity index (χ4v) is 5.92. The lowest BCUT2D eigenvalue weighted by molar-refractivity contribution is -0.116. The van der Waals surface area contributed by atoms with Crippen LogP contribution >= 0.6 is 11.8 Å². The number of benzene rings is 5. The highest BCUT2D eigenvalue weighted by atomic mass is 32.2. The van der Waals surface area contributed by atoms with E-state index in [4.69, 9.17) is 0 Å². The Morgan fingerprint density at radius 2 is 1.41 bits per heavy atom. The third-order valence-corrected chi connectivity index (χ3v) is 8.85. The second kappa shape index (κ2) is 15.2. The Kier molecular flexibility index (Phi) is 10.7. The molecule has 1 unspecified atom stereocenters. The summed E-state index contributed by atoms with van der Waals surface area (Å²) >= 11 is 1.44. The molecule has 5 aromatic rings. The predicted octanol–water partition coefficient (Wildman–Crippen LogP) is 8.88. The first-order valence-electron chi connectivity index (χ1n) is 15.3. The Balaban J connectivity index is 1.30. The van der Waals surface area contributed by atoms with E-state index in [1.54, 1.807) is 36.4 Å². The van der Waals surface area contributed by atoms with E-state index in [0.717, 1.165) is 26.9 Å². The molecule has 5 rings (SSSR count). The molecule has 7 heteroatoms. The molecule has 0 saturated carbocycles. The summed E-state index contributed by atoms with van der Waals surface area (Å²) in [6.45, 7) is 6.22. The van der Waals surface area contributed by atoms with Crippen molar-refractivity contribution < 1.29 is 14.4 Å². The number of anilines is 2. The molecule has 0 saturated heterocycles. The maximum atomic E-state index is 13.6. The minimum absolute atomic E-state index is 0.0884. The fourth-order valence-electron chi connectivity index (χ4n) is 4.91. The smallest absolute Gasteiger partial charge is 0.272 e. The summed E-state index contributed by atoms with van der Waals surface area (Å²) in [6.07, 6.45) is 2.29. The lowest BCUT2D eigenvalue weighted by Crippen LogP contribution is -2.30. The number of rotatable bonds is 11. The van der Waals surface area contributed by atoms with Crippen molar-refractivity contribution in [2.45, 2.75) is 43.3 Å². The first-order chi connectivity index (χ1) is 22.3. The van der Waals surface area contributed by atoms with Crippen LogP contribution in [-0.2, 0) is 9.59 Å². The van der Waals surface area contributed by atoms with Crippen LogP contribution in [0, 0.1) is 0 Å². The molecule has 0 bridgehead atoms. The molecule has 3 N–H and O–H groups in total. The zero-order valence-corrected chi connectivity index (χ0v) is 26.9. The molecule has 6 nitrogen and oxygen atoms in total. The van der Waals surface area contributed by atoms with Crippen molar-refractivity contribution in [3.63, 3.8) is 0 Å². The summed E-state index contributed by atoms with van der Waals surface area (Å²) < 4.78 is 0. The highest BCUT2D eigenvalue weighted by Crippen LogP contribution is 2.29. The van der Waals surface area contributed by atoms with Gasteiger partial charge in [0, 0.05) is 21.8 Å². The number of hydrogen-bond acceptors (Lipinski definition) is 4. The number of amides is 3. The van der Waals surface area contributed by atoms with E-state index in [-0.39, 0.29) is 22.8 Å². The van der Waals surface area contributed by atoms with Gasteiger partial charge >= 0.3 is 0 Å². The highest BCUT2D eigenvalue weighted by Gasteiger charge is 2.20. The quantitative estimate of drug-likeness (QED) is 0.101. The molecule has 1 atom stereocenters. The van der Waals surface area contributed by atoms with Gasteiger partial charge in [0.1, 0.15) is 5.70 Å². The van der Waals surface area contributed by atoms with E-state index in [0.29, 0.717) is 23.6 Å². The molecular weight excluding hydrogens is 591 g/mol. The number of carbonyl (C=O) groups is 3. The van der Waals surface area contributed by atoms with Gasteiger partial charge in [-0.25, -0.2) is 0 Å². The van der Waals surface area contributed by atoms with Crippen LogP contribution in [0.3, 0.4) is 0 Å². The summed E-state index contributed by atoms with van der Waals surface area (Å²) in [7, 11) is 0. The van der Waals surface area contributed by atoms with Crippen molar-refractivity contribution in [3.05, 3.63) is 144 Å². The number of carbonyl (C=O) groups excluding carboxylic acids is 3. The molecule has 3 amide bonds. The average Bonchev–Trinajstić information content (AvgIpc) is 3.07. The van der Waals surface area contributed by atoms with Crippen LogP contribution in [0.4, 0.5) is 11.4 Å². The lowest BCUT2D eigenvalue weighted by Gasteiger charge is -2.16. The summed E-state index contributed by atoms with van der Waals surface area (Å²) in [6, 6.07) is 38.0. The SMILES string of the molecule is CCC(Sc1cccc(NC(=O)/C(=C\c2ccc(C(C)C)cc2)NC(=O)c2ccccc2)c1)C(=O)Nc1ccc2ccccc2c1. The van der Waals surface area contributed by atoms with Crippen molar-refractivity contribution in [1.82, 2.24) is 5.32 Å². The summed E-state index contributed by atoms with van der Waals surface area (Å²) in [5.41, 5.74) is 3.83. The topological polar surface area (TPSA) is 87.3 Å². The monoisotopic (exact) mass is 627 g/mol. The Morgan fingerprint density at radius 3 is 2.13 bits per heavy atom. The van der Waals surface area contributed by atoms with E-state index in [1.807, 2.05) is 97.9 Å². The second-order valence-electron chi connectivity index (χ2n) is 11.2. The van der Waals surface area contributed by atoms with Crippen LogP contribution < -0.4 is 16.0 Å². The fraction of sp³-hybridized carbons (Fsp3) is 0.154. The molecule has 5 aromatic carbocycles. The van der Waals surface area contributed by atoms with Crippen molar-refractivity contribution in [3.8, 4) is 0 Å². The van der Waals surface area contributed by atoms with Crippen LogP contribution in [0.15, 0.2) is 132 Å². The molecule has 0 fully saturated rings. The van der Waals surface area contributed by atoms with E-state index in [1.165, 1.54) is 17.3 Å². The van der Waals surface area contributed by atoms with Gasteiger partial charge in [-0.3, -0.25) is 14.4 Å². The van der Waals surface area contributed by atoms with Gasteiger partial charge in [-0.2, -0.15) is 0 Å². The molecule has 46 heavy (non-hydrogen) atoms. The van der Waals surface area contributed by atoms with Gasteiger partial charge in [-0.05, 0) is 82.8 Å². The van der Waals surface area contributed by atoms with Gasteiger partial charge in [0.2, 0.25) is 5.91 Å². The summed E-state index contributed by atoms with van der Waals surface area (Å²) in [5, 5.41) is 10.6. The molecule has 232 valence electrons. The van der Waals surface area contributed by atoms with Crippen molar-refractivity contribution in [1.29, 1.82) is 0 Å². The van der Waals surface area contributed by atoms with Gasteiger partial charge in [0.15, 0.2) is 0 Å². The molecule has 0 radical (unpaired) electrons. The number of fused-ring (bicyclic) bond motifs is 1.